The lowest BCUT2D eigenvalue weighted by molar-refractivity contribution is 0.0310. The summed E-state index contributed by atoms with van der Waals surface area (Å²) in [6.07, 6.45) is 1.28. The number of nitrogens with zero attached hydrogens (tertiary/aromatic N) is 2. The highest BCUT2D eigenvalue weighted by atomic mass is 16.5. The van der Waals surface area contributed by atoms with E-state index in [1.807, 2.05) is 0 Å². The van der Waals surface area contributed by atoms with Gasteiger partial charge in [-0.1, -0.05) is 6.92 Å². The van der Waals surface area contributed by atoms with Crippen molar-refractivity contribution in [3.05, 3.63) is 0 Å². The van der Waals surface area contributed by atoms with E-state index in [9.17, 15) is 0 Å². The van der Waals surface area contributed by atoms with E-state index in [0.29, 0.717) is 6.54 Å². The van der Waals surface area contributed by atoms with E-state index in [2.05, 4.69) is 48.2 Å². The molecule has 0 aromatic carbocycles. The normalized spacial score (nSPS) is 21.2. The highest BCUT2D eigenvalue weighted by Gasteiger charge is 2.21. The highest BCUT2D eigenvalue weighted by molar-refractivity contribution is 5.79. The van der Waals surface area contributed by atoms with Crippen LogP contribution in [-0.2, 0) is 4.74 Å². The molecule has 1 fully saturated rings. The summed E-state index contributed by atoms with van der Waals surface area (Å²) in [5, 5.41) is 6.76. The third-order valence-electron chi connectivity index (χ3n) is 3.89. The number of likely N-dealkylation sites (tertiary alicyclic amines) is 1. The third kappa shape index (κ3) is 6.09. The molecule has 118 valence electrons. The highest BCUT2D eigenvalue weighted by Crippen LogP contribution is 2.14. The van der Waals surface area contributed by atoms with Crippen molar-refractivity contribution in [3.8, 4) is 0 Å². The number of ether oxygens (including phenoxy) is 1. The van der Waals surface area contributed by atoms with Gasteiger partial charge in [-0.15, -0.1) is 0 Å². The molecule has 0 aromatic heterocycles. The smallest absolute Gasteiger partial charge is 0.191 e. The van der Waals surface area contributed by atoms with E-state index in [1.165, 1.54) is 19.5 Å². The van der Waals surface area contributed by atoms with Crippen LogP contribution in [0.3, 0.4) is 0 Å². The average molecular weight is 284 g/mol. The van der Waals surface area contributed by atoms with Gasteiger partial charge in [-0.05, 0) is 46.2 Å². The van der Waals surface area contributed by atoms with Gasteiger partial charge in [-0.2, -0.15) is 0 Å². The fourth-order valence-electron chi connectivity index (χ4n) is 2.28. The summed E-state index contributed by atoms with van der Waals surface area (Å²) in [5.74, 6) is 1.63. The lowest BCUT2D eigenvalue weighted by Crippen LogP contribution is -2.41. The second-order valence-corrected chi connectivity index (χ2v) is 6.09. The minimum Gasteiger partial charge on any atom is -0.377 e. The minimum atomic E-state index is -0.214. The molecule has 0 amide bonds. The summed E-state index contributed by atoms with van der Waals surface area (Å²) >= 11 is 0. The largest absolute Gasteiger partial charge is 0.377 e. The molecule has 5 nitrogen and oxygen atoms in total. The summed E-state index contributed by atoms with van der Waals surface area (Å²) in [7, 11) is 1.73. The number of hydrogen-bond acceptors (Lipinski definition) is 3. The molecule has 2 N–H and O–H groups in total. The van der Waals surface area contributed by atoms with Crippen LogP contribution >= 0.6 is 0 Å². The average Bonchev–Trinajstić information content (AvgIpc) is 2.90. The molecule has 1 atom stereocenters. The van der Waals surface area contributed by atoms with Crippen molar-refractivity contribution >= 4 is 5.96 Å². The van der Waals surface area contributed by atoms with Crippen LogP contribution in [0.4, 0.5) is 0 Å². The van der Waals surface area contributed by atoms with Crippen molar-refractivity contribution in [1.29, 1.82) is 0 Å². The third-order valence-corrected chi connectivity index (χ3v) is 3.89. The second-order valence-electron chi connectivity index (χ2n) is 6.09. The van der Waals surface area contributed by atoms with Gasteiger partial charge >= 0.3 is 0 Å². The first-order valence-corrected chi connectivity index (χ1v) is 7.80. The zero-order chi connectivity index (χ0) is 15.0. The molecule has 1 heterocycles. The van der Waals surface area contributed by atoms with Crippen molar-refractivity contribution in [3.63, 3.8) is 0 Å². The van der Waals surface area contributed by atoms with E-state index in [4.69, 9.17) is 4.74 Å². The fourth-order valence-corrected chi connectivity index (χ4v) is 2.28. The maximum absolute atomic E-state index is 5.40. The zero-order valence-corrected chi connectivity index (χ0v) is 13.8. The SMILES string of the molecule is CCNC(=NCC(C)(C)OC)NCC1CCN(CC)C1. The van der Waals surface area contributed by atoms with E-state index >= 15 is 0 Å². The number of rotatable bonds is 7. The number of hydrogen-bond donors (Lipinski definition) is 2. The van der Waals surface area contributed by atoms with Crippen molar-refractivity contribution in [2.24, 2.45) is 10.9 Å². The summed E-state index contributed by atoms with van der Waals surface area (Å²) in [4.78, 5) is 7.12. The first kappa shape index (κ1) is 17.2. The number of nitrogens with one attached hydrogen (secondary N) is 2. The molecule has 0 radical (unpaired) electrons. The van der Waals surface area contributed by atoms with Gasteiger partial charge in [0.15, 0.2) is 5.96 Å². The van der Waals surface area contributed by atoms with Gasteiger partial charge in [0.25, 0.3) is 0 Å². The van der Waals surface area contributed by atoms with Crippen LogP contribution in [0, 0.1) is 5.92 Å². The van der Waals surface area contributed by atoms with Gasteiger partial charge in [-0.3, -0.25) is 4.99 Å². The number of aliphatic imine (C=N–C) groups is 1. The molecule has 0 spiro atoms. The minimum absolute atomic E-state index is 0.214. The Morgan fingerprint density at radius 3 is 2.65 bits per heavy atom. The topological polar surface area (TPSA) is 48.9 Å². The monoisotopic (exact) mass is 284 g/mol. The summed E-state index contributed by atoms with van der Waals surface area (Å²) < 4.78 is 5.40. The van der Waals surface area contributed by atoms with Gasteiger partial charge in [0.1, 0.15) is 0 Å². The van der Waals surface area contributed by atoms with E-state index in [1.54, 1.807) is 7.11 Å². The molecule has 0 aliphatic carbocycles. The first-order chi connectivity index (χ1) is 9.50. The van der Waals surface area contributed by atoms with Crippen LogP contribution in [0.5, 0.6) is 0 Å². The molecule has 0 bridgehead atoms. The van der Waals surface area contributed by atoms with Gasteiger partial charge in [0.05, 0.1) is 12.1 Å². The first-order valence-electron chi connectivity index (χ1n) is 7.80. The molecule has 1 rings (SSSR count). The van der Waals surface area contributed by atoms with E-state index in [0.717, 1.165) is 31.5 Å². The van der Waals surface area contributed by atoms with Crippen LogP contribution in [-0.4, -0.2) is 62.8 Å². The molecular formula is C15H32N4O. The zero-order valence-electron chi connectivity index (χ0n) is 13.8. The molecule has 0 saturated carbocycles. The Hall–Kier alpha value is -0.810. The Kier molecular flexibility index (Phi) is 7.30. The maximum atomic E-state index is 5.40. The second kappa shape index (κ2) is 8.47. The summed E-state index contributed by atoms with van der Waals surface area (Å²) in [5.41, 5.74) is -0.214. The molecular weight excluding hydrogens is 252 g/mol. The van der Waals surface area contributed by atoms with Gasteiger partial charge in [0, 0.05) is 26.7 Å². The standard InChI is InChI=1S/C15H32N4O/c1-6-16-14(18-12-15(3,4)20-5)17-10-13-8-9-19(7-2)11-13/h13H,6-12H2,1-5H3,(H2,16,17,18). The quantitative estimate of drug-likeness (QED) is 0.547. The van der Waals surface area contributed by atoms with Crippen LogP contribution in [0.15, 0.2) is 4.99 Å². The van der Waals surface area contributed by atoms with Crippen LogP contribution in [0.25, 0.3) is 0 Å². The van der Waals surface area contributed by atoms with E-state index < -0.39 is 0 Å². The van der Waals surface area contributed by atoms with Crippen LogP contribution < -0.4 is 10.6 Å². The van der Waals surface area contributed by atoms with Crippen molar-refractivity contribution < 1.29 is 4.74 Å². The Labute approximate surface area is 124 Å². The van der Waals surface area contributed by atoms with Gasteiger partial charge in [-0.25, -0.2) is 0 Å². The Morgan fingerprint density at radius 1 is 1.35 bits per heavy atom. The predicted molar refractivity (Wildman–Crippen MR) is 85.3 cm³/mol. The number of methoxy groups -OCH3 is 1. The van der Waals surface area contributed by atoms with E-state index in [-0.39, 0.29) is 5.60 Å². The molecule has 1 aliphatic rings. The van der Waals surface area contributed by atoms with Crippen LogP contribution in [0.1, 0.15) is 34.1 Å². The summed E-state index contributed by atoms with van der Waals surface area (Å²) in [6, 6.07) is 0. The molecule has 1 saturated heterocycles. The van der Waals surface area contributed by atoms with Gasteiger partial charge in [0.2, 0.25) is 0 Å². The predicted octanol–water partition coefficient (Wildman–Crippen LogP) is 1.31. The van der Waals surface area contributed by atoms with Crippen LogP contribution in [0.2, 0.25) is 0 Å². The maximum Gasteiger partial charge on any atom is 0.191 e. The molecule has 20 heavy (non-hydrogen) atoms. The van der Waals surface area contributed by atoms with Crippen molar-refractivity contribution in [1.82, 2.24) is 15.5 Å². The lowest BCUT2D eigenvalue weighted by Gasteiger charge is -2.22. The van der Waals surface area contributed by atoms with Gasteiger partial charge < -0.3 is 20.3 Å². The molecule has 5 heteroatoms. The molecule has 1 aliphatic heterocycles. The Bertz CT molecular complexity index is 304. The molecule has 1 unspecified atom stereocenters. The molecule has 0 aromatic rings. The Morgan fingerprint density at radius 2 is 2.10 bits per heavy atom. The Balaban J connectivity index is 2.41. The lowest BCUT2D eigenvalue weighted by atomic mass is 10.1. The fraction of sp³-hybridized carbons (Fsp3) is 0.933. The summed E-state index contributed by atoms with van der Waals surface area (Å²) in [6.45, 7) is 14.5. The van der Waals surface area contributed by atoms with Crippen molar-refractivity contribution in [2.45, 2.75) is 39.7 Å². The number of guanidine groups is 1. The van der Waals surface area contributed by atoms with Crippen molar-refractivity contribution in [2.75, 3.05) is 46.4 Å².